The van der Waals surface area contributed by atoms with Crippen molar-refractivity contribution >= 4 is 0 Å². The summed E-state index contributed by atoms with van der Waals surface area (Å²) in [6, 6.07) is 0. The molecule has 1 aliphatic carbocycles. The molecule has 0 N–H and O–H groups in total. The summed E-state index contributed by atoms with van der Waals surface area (Å²) in [5.41, 5.74) is -1.30. The van der Waals surface area contributed by atoms with Crippen LogP contribution >= 0.6 is 0 Å². The third-order valence-corrected chi connectivity index (χ3v) is 2.96. The SMILES string of the molecule is CC(C)OC[C@]1(CN(C)C)CC1(C)F. The Bertz CT molecular complexity index is 203. The Kier molecular flexibility index (Phi) is 3.22. The first-order chi connectivity index (χ1) is 6.29. The Morgan fingerprint density at radius 1 is 1.43 bits per heavy atom. The van der Waals surface area contributed by atoms with E-state index >= 15 is 0 Å². The fourth-order valence-corrected chi connectivity index (χ4v) is 1.99. The molecule has 2 nitrogen and oxygen atoms in total. The van der Waals surface area contributed by atoms with Crippen LogP contribution in [0.5, 0.6) is 0 Å². The van der Waals surface area contributed by atoms with Gasteiger partial charge in [-0.05, 0) is 41.3 Å². The van der Waals surface area contributed by atoms with Crippen molar-refractivity contribution in [2.45, 2.75) is 39.0 Å². The van der Waals surface area contributed by atoms with Crippen LogP contribution in [0.25, 0.3) is 0 Å². The van der Waals surface area contributed by atoms with Gasteiger partial charge in [-0.3, -0.25) is 0 Å². The number of halogens is 1. The monoisotopic (exact) mass is 203 g/mol. The Morgan fingerprint density at radius 2 is 1.93 bits per heavy atom. The predicted octanol–water partition coefficient (Wildman–Crippen LogP) is 2.09. The first-order valence-electron chi connectivity index (χ1n) is 5.24. The molecule has 0 aromatic rings. The number of hydrogen-bond donors (Lipinski definition) is 0. The Labute approximate surface area is 86.4 Å². The Hall–Kier alpha value is -0.150. The summed E-state index contributed by atoms with van der Waals surface area (Å²) >= 11 is 0. The van der Waals surface area contributed by atoms with Crippen molar-refractivity contribution in [1.29, 1.82) is 0 Å². The van der Waals surface area contributed by atoms with Crippen LogP contribution in [-0.4, -0.2) is 43.9 Å². The van der Waals surface area contributed by atoms with Gasteiger partial charge < -0.3 is 9.64 Å². The number of nitrogens with zero attached hydrogens (tertiary/aromatic N) is 1. The Morgan fingerprint density at radius 3 is 2.21 bits per heavy atom. The van der Waals surface area contributed by atoms with Crippen LogP contribution < -0.4 is 0 Å². The van der Waals surface area contributed by atoms with Crippen LogP contribution in [0.2, 0.25) is 0 Å². The van der Waals surface area contributed by atoms with E-state index in [-0.39, 0.29) is 11.5 Å². The highest BCUT2D eigenvalue weighted by Gasteiger charge is 2.65. The lowest BCUT2D eigenvalue weighted by molar-refractivity contribution is 0.0172. The highest BCUT2D eigenvalue weighted by molar-refractivity contribution is 5.15. The smallest absolute Gasteiger partial charge is 0.118 e. The average Bonchev–Trinajstić information content (AvgIpc) is 2.48. The molecule has 0 amide bonds. The summed E-state index contributed by atoms with van der Waals surface area (Å²) in [7, 11) is 3.96. The molecule has 3 heteroatoms. The molecule has 1 aliphatic rings. The molecule has 1 unspecified atom stereocenters. The summed E-state index contributed by atoms with van der Waals surface area (Å²) in [4.78, 5) is 2.04. The van der Waals surface area contributed by atoms with Crippen molar-refractivity contribution < 1.29 is 9.13 Å². The van der Waals surface area contributed by atoms with E-state index in [0.29, 0.717) is 13.0 Å². The van der Waals surface area contributed by atoms with Crippen molar-refractivity contribution in [1.82, 2.24) is 4.90 Å². The standard InChI is InChI=1S/C11H22FNO/c1-9(2)14-8-11(7-13(4)5)6-10(11,3)12/h9H,6-8H2,1-5H3/t10?,11-/m1/s1. The van der Waals surface area contributed by atoms with Gasteiger partial charge in [0, 0.05) is 12.0 Å². The van der Waals surface area contributed by atoms with E-state index in [1.807, 2.05) is 32.8 Å². The van der Waals surface area contributed by atoms with Crippen LogP contribution in [0.4, 0.5) is 4.39 Å². The molecule has 1 rings (SSSR count). The number of alkyl halides is 1. The van der Waals surface area contributed by atoms with E-state index in [4.69, 9.17) is 4.74 Å². The van der Waals surface area contributed by atoms with Crippen LogP contribution in [-0.2, 0) is 4.74 Å². The number of hydrogen-bond acceptors (Lipinski definition) is 2. The third-order valence-electron chi connectivity index (χ3n) is 2.96. The van der Waals surface area contributed by atoms with Gasteiger partial charge >= 0.3 is 0 Å². The van der Waals surface area contributed by atoms with Crippen molar-refractivity contribution in [3.05, 3.63) is 0 Å². The second-order valence-corrected chi connectivity index (χ2v) is 5.25. The highest BCUT2D eigenvalue weighted by Crippen LogP contribution is 2.59. The molecule has 0 aromatic carbocycles. The van der Waals surface area contributed by atoms with Crippen molar-refractivity contribution in [3.8, 4) is 0 Å². The highest BCUT2D eigenvalue weighted by atomic mass is 19.1. The molecule has 0 aromatic heterocycles. The number of ether oxygens (including phenoxy) is 1. The van der Waals surface area contributed by atoms with Gasteiger partial charge in [-0.2, -0.15) is 0 Å². The minimum atomic E-state index is -1.04. The van der Waals surface area contributed by atoms with E-state index in [1.165, 1.54) is 0 Å². The van der Waals surface area contributed by atoms with Crippen molar-refractivity contribution in [3.63, 3.8) is 0 Å². The zero-order chi connectivity index (χ0) is 11.0. The minimum Gasteiger partial charge on any atom is -0.378 e. The van der Waals surface area contributed by atoms with E-state index in [9.17, 15) is 4.39 Å². The van der Waals surface area contributed by atoms with Gasteiger partial charge in [-0.15, -0.1) is 0 Å². The van der Waals surface area contributed by atoms with Gasteiger partial charge in [0.2, 0.25) is 0 Å². The summed E-state index contributed by atoms with van der Waals surface area (Å²) < 4.78 is 19.4. The second kappa shape index (κ2) is 3.78. The molecule has 0 spiro atoms. The van der Waals surface area contributed by atoms with Gasteiger partial charge in [-0.25, -0.2) is 4.39 Å². The van der Waals surface area contributed by atoms with Gasteiger partial charge in [0.05, 0.1) is 12.7 Å². The van der Waals surface area contributed by atoms with Crippen LogP contribution in [0.15, 0.2) is 0 Å². The average molecular weight is 203 g/mol. The molecule has 0 saturated heterocycles. The lowest BCUT2D eigenvalue weighted by Crippen LogP contribution is -2.32. The van der Waals surface area contributed by atoms with E-state index in [1.54, 1.807) is 6.92 Å². The lowest BCUT2D eigenvalue weighted by atomic mass is 10.0. The second-order valence-electron chi connectivity index (χ2n) is 5.25. The molecule has 0 heterocycles. The summed E-state index contributed by atoms with van der Waals surface area (Å²) in [5, 5.41) is 0. The molecule has 2 atom stereocenters. The maximum atomic E-state index is 13.8. The summed E-state index contributed by atoms with van der Waals surface area (Å²) in [6.45, 7) is 6.96. The fourth-order valence-electron chi connectivity index (χ4n) is 1.99. The molecule has 84 valence electrons. The zero-order valence-electron chi connectivity index (χ0n) is 9.93. The first-order valence-corrected chi connectivity index (χ1v) is 5.24. The largest absolute Gasteiger partial charge is 0.378 e. The molecular weight excluding hydrogens is 181 g/mol. The van der Waals surface area contributed by atoms with Crippen molar-refractivity contribution in [2.24, 2.45) is 5.41 Å². The molecule has 14 heavy (non-hydrogen) atoms. The third kappa shape index (κ3) is 2.45. The molecule has 1 saturated carbocycles. The van der Waals surface area contributed by atoms with E-state index in [0.717, 1.165) is 6.54 Å². The quantitative estimate of drug-likeness (QED) is 0.678. The molecule has 1 fully saturated rings. The maximum absolute atomic E-state index is 13.8. The molecule has 0 bridgehead atoms. The van der Waals surface area contributed by atoms with Gasteiger partial charge in [0.25, 0.3) is 0 Å². The zero-order valence-corrected chi connectivity index (χ0v) is 9.93. The Balaban J connectivity index is 2.49. The minimum absolute atomic E-state index is 0.186. The van der Waals surface area contributed by atoms with Crippen LogP contribution in [0, 0.1) is 5.41 Å². The number of rotatable bonds is 5. The summed E-state index contributed by atoms with van der Waals surface area (Å²) in [6.07, 6.45) is 0.815. The van der Waals surface area contributed by atoms with Crippen molar-refractivity contribution in [2.75, 3.05) is 27.2 Å². The van der Waals surface area contributed by atoms with E-state index < -0.39 is 5.67 Å². The topological polar surface area (TPSA) is 12.5 Å². The molecule has 0 aliphatic heterocycles. The predicted molar refractivity (Wildman–Crippen MR) is 56.2 cm³/mol. The van der Waals surface area contributed by atoms with Gasteiger partial charge in [0.1, 0.15) is 5.67 Å². The lowest BCUT2D eigenvalue weighted by Gasteiger charge is -2.23. The van der Waals surface area contributed by atoms with E-state index in [2.05, 4.69) is 0 Å². The van der Waals surface area contributed by atoms with Gasteiger partial charge in [-0.1, -0.05) is 0 Å². The van der Waals surface area contributed by atoms with Crippen LogP contribution in [0.3, 0.4) is 0 Å². The first kappa shape index (κ1) is 11.9. The molecule has 0 radical (unpaired) electrons. The summed E-state index contributed by atoms with van der Waals surface area (Å²) in [5.74, 6) is 0. The van der Waals surface area contributed by atoms with Gasteiger partial charge in [0.15, 0.2) is 0 Å². The molecular formula is C11H22FNO. The van der Waals surface area contributed by atoms with Crippen LogP contribution in [0.1, 0.15) is 27.2 Å². The normalized spacial score (nSPS) is 36.9. The maximum Gasteiger partial charge on any atom is 0.118 e. The fraction of sp³-hybridized carbons (Fsp3) is 1.00.